The van der Waals surface area contributed by atoms with Gasteiger partial charge in [-0.2, -0.15) is 0 Å². The van der Waals surface area contributed by atoms with Gasteiger partial charge in [0.15, 0.2) is 0 Å². The number of ether oxygens (including phenoxy) is 1. The fourth-order valence-corrected chi connectivity index (χ4v) is 2.68. The molecule has 1 heterocycles. The summed E-state index contributed by atoms with van der Waals surface area (Å²) in [4.78, 5) is 12.6. The second-order valence-corrected chi connectivity index (χ2v) is 5.61. The van der Waals surface area contributed by atoms with E-state index in [4.69, 9.17) is 4.74 Å². The van der Waals surface area contributed by atoms with E-state index in [-0.39, 0.29) is 11.7 Å². The Balaban J connectivity index is 1.59. The molecule has 1 amide bonds. The van der Waals surface area contributed by atoms with Gasteiger partial charge in [0.2, 0.25) is 0 Å². The molecule has 5 heteroatoms. The maximum absolute atomic E-state index is 12.7. The van der Waals surface area contributed by atoms with Crippen LogP contribution in [-0.2, 0) is 0 Å². The summed E-state index contributed by atoms with van der Waals surface area (Å²) in [5.74, 6) is 0.380. The largest absolute Gasteiger partial charge is 0.494 e. The Morgan fingerprint density at radius 2 is 2.00 bits per heavy atom. The predicted octanol–water partition coefficient (Wildman–Crippen LogP) is 3.78. The fourth-order valence-electron chi connectivity index (χ4n) is 1.84. The van der Waals surface area contributed by atoms with Crippen LogP contribution in [0.1, 0.15) is 28.1 Å². The molecule has 0 saturated carbocycles. The van der Waals surface area contributed by atoms with Crippen LogP contribution < -0.4 is 10.1 Å². The highest BCUT2D eigenvalue weighted by atomic mass is 32.1. The third-order valence-corrected chi connectivity index (χ3v) is 4.02. The standard InChI is InChI=1S/C16H18FNO2S/c1-12-8-11-21-15(12)16(19)18-9-2-3-10-20-14-6-4-13(17)5-7-14/h4-8,11H,2-3,9-10H2,1H3,(H,18,19). The number of hydrogen-bond donors (Lipinski definition) is 1. The van der Waals surface area contributed by atoms with Crippen molar-refractivity contribution < 1.29 is 13.9 Å². The van der Waals surface area contributed by atoms with Gasteiger partial charge in [0.25, 0.3) is 5.91 Å². The molecule has 1 aromatic carbocycles. The Morgan fingerprint density at radius 1 is 1.24 bits per heavy atom. The van der Waals surface area contributed by atoms with Crippen LogP contribution in [0, 0.1) is 12.7 Å². The molecule has 0 aliphatic rings. The monoisotopic (exact) mass is 307 g/mol. The molecule has 0 aliphatic heterocycles. The van der Waals surface area contributed by atoms with Crippen LogP contribution in [0.15, 0.2) is 35.7 Å². The number of unbranched alkanes of at least 4 members (excludes halogenated alkanes) is 1. The Hall–Kier alpha value is -1.88. The zero-order valence-corrected chi connectivity index (χ0v) is 12.7. The average Bonchev–Trinajstić information content (AvgIpc) is 2.90. The summed E-state index contributed by atoms with van der Waals surface area (Å²) in [6, 6.07) is 7.90. The molecule has 0 radical (unpaired) electrons. The number of nitrogens with one attached hydrogen (secondary N) is 1. The third-order valence-electron chi connectivity index (χ3n) is 3.01. The predicted molar refractivity (Wildman–Crippen MR) is 82.5 cm³/mol. The number of thiophene rings is 1. The molecule has 1 N–H and O–H groups in total. The van der Waals surface area contributed by atoms with E-state index in [2.05, 4.69) is 5.32 Å². The highest BCUT2D eigenvalue weighted by molar-refractivity contribution is 7.12. The molecule has 0 spiro atoms. The van der Waals surface area contributed by atoms with E-state index in [1.165, 1.54) is 23.5 Å². The summed E-state index contributed by atoms with van der Waals surface area (Å²) in [5.41, 5.74) is 1.01. The summed E-state index contributed by atoms with van der Waals surface area (Å²) in [7, 11) is 0. The molecule has 0 bridgehead atoms. The maximum Gasteiger partial charge on any atom is 0.261 e. The quantitative estimate of drug-likeness (QED) is 0.790. The summed E-state index contributed by atoms with van der Waals surface area (Å²) in [5, 5.41) is 4.82. The van der Waals surface area contributed by atoms with Crippen LogP contribution in [0.3, 0.4) is 0 Å². The molecule has 3 nitrogen and oxygen atoms in total. The van der Waals surface area contributed by atoms with Gasteiger partial charge in [0.05, 0.1) is 11.5 Å². The van der Waals surface area contributed by atoms with Crippen LogP contribution in [0.25, 0.3) is 0 Å². The maximum atomic E-state index is 12.7. The van der Waals surface area contributed by atoms with Crippen LogP contribution in [0.5, 0.6) is 5.75 Å². The van der Waals surface area contributed by atoms with E-state index in [0.717, 1.165) is 23.3 Å². The Morgan fingerprint density at radius 3 is 2.67 bits per heavy atom. The number of amides is 1. The van der Waals surface area contributed by atoms with Gasteiger partial charge in [0.1, 0.15) is 11.6 Å². The lowest BCUT2D eigenvalue weighted by molar-refractivity contribution is 0.0956. The van der Waals surface area contributed by atoms with Gasteiger partial charge in [-0.15, -0.1) is 11.3 Å². The van der Waals surface area contributed by atoms with Gasteiger partial charge in [-0.3, -0.25) is 4.79 Å². The van der Waals surface area contributed by atoms with Crippen LogP contribution >= 0.6 is 11.3 Å². The first-order valence-electron chi connectivity index (χ1n) is 6.87. The summed E-state index contributed by atoms with van der Waals surface area (Å²) < 4.78 is 18.2. The number of hydrogen-bond acceptors (Lipinski definition) is 3. The molecule has 0 unspecified atom stereocenters. The molecular weight excluding hydrogens is 289 g/mol. The summed E-state index contributed by atoms with van der Waals surface area (Å²) >= 11 is 1.46. The molecule has 2 rings (SSSR count). The van der Waals surface area contributed by atoms with Crippen molar-refractivity contribution in [3.05, 3.63) is 52.0 Å². The first kappa shape index (κ1) is 15.5. The molecular formula is C16H18FNO2S. The lowest BCUT2D eigenvalue weighted by atomic mass is 10.2. The van der Waals surface area contributed by atoms with Crippen molar-refractivity contribution in [2.45, 2.75) is 19.8 Å². The van der Waals surface area contributed by atoms with E-state index in [0.29, 0.717) is 18.9 Å². The molecule has 0 aliphatic carbocycles. The third kappa shape index (κ3) is 4.86. The smallest absolute Gasteiger partial charge is 0.261 e. The van der Waals surface area contributed by atoms with Gasteiger partial charge < -0.3 is 10.1 Å². The topological polar surface area (TPSA) is 38.3 Å². The number of aryl methyl sites for hydroxylation is 1. The van der Waals surface area contributed by atoms with Crippen LogP contribution in [-0.4, -0.2) is 19.1 Å². The average molecular weight is 307 g/mol. The fraction of sp³-hybridized carbons (Fsp3) is 0.312. The molecule has 21 heavy (non-hydrogen) atoms. The lowest BCUT2D eigenvalue weighted by Crippen LogP contribution is -2.24. The zero-order chi connectivity index (χ0) is 15.1. The Labute approximate surface area is 127 Å². The number of benzene rings is 1. The first-order chi connectivity index (χ1) is 10.2. The van der Waals surface area contributed by atoms with E-state index in [1.54, 1.807) is 12.1 Å². The Bertz CT molecular complexity index is 580. The minimum atomic E-state index is -0.270. The summed E-state index contributed by atoms with van der Waals surface area (Å²) in [6.07, 6.45) is 1.68. The van der Waals surface area contributed by atoms with Crippen LogP contribution in [0.2, 0.25) is 0 Å². The van der Waals surface area contributed by atoms with Gasteiger partial charge >= 0.3 is 0 Å². The normalized spacial score (nSPS) is 10.4. The first-order valence-corrected chi connectivity index (χ1v) is 7.75. The zero-order valence-electron chi connectivity index (χ0n) is 11.9. The molecule has 1 aromatic heterocycles. The molecule has 2 aromatic rings. The molecule has 0 fully saturated rings. The van der Waals surface area contributed by atoms with Gasteiger partial charge in [0, 0.05) is 6.54 Å². The number of rotatable bonds is 7. The van der Waals surface area contributed by atoms with Crippen molar-refractivity contribution in [3.63, 3.8) is 0 Å². The lowest BCUT2D eigenvalue weighted by Gasteiger charge is -2.07. The van der Waals surface area contributed by atoms with E-state index in [9.17, 15) is 9.18 Å². The van der Waals surface area contributed by atoms with Crippen molar-refractivity contribution in [2.75, 3.05) is 13.2 Å². The Kier molecular flexibility index (Phi) is 5.75. The number of carbonyl (C=O) groups excluding carboxylic acids is 1. The number of carbonyl (C=O) groups is 1. The minimum Gasteiger partial charge on any atom is -0.494 e. The van der Waals surface area contributed by atoms with Crippen molar-refractivity contribution in [1.29, 1.82) is 0 Å². The van der Waals surface area contributed by atoms with Crippen molar-refractivity contribution in [2.24, 2.45) is 0 Å². The molecule has 112 valence electrons. The van der Waals surface area contributed by atoms with Crippen molar-refractivity contribution in [1.82, 2.24) is 5.32 Å². The number of halogens is 1. The van der Waals surface area contributed by atoms with Crippen LogP contribution in [0.4, 0.5) is 4.39 Å². The SMILES string of the molecule is Cc1ccsc1C(=O)NCCCCOc1ccc(F)cc1. The van der Waals surface area contributed by atoms with Gasteiger partial charge in [-0.1, -0.05) is 0 Å². The summed E-state index contributed by atoms with van der Waals surface area (Å²) in [6.45, 7) is 3.12. The minimum absolute atomic E-state index is 0.0121. The van der Waals surface area contributed by atoms with E-state index < -0.39 is 0 Å². The van der Waals surface area contributed by atoms with E-state index >= 15 is 0 Å². The second kappa shape index (κ2) is 7.78. The highest BCUT2D eigenvalue weighted by Crippen LogP contribution is 2.15. The van der Waals surface area contributed by atoms with E-state index in [1.807, 2.05) is 18.4 Å². The van der Waals surface area contributed by atoms with Gasteiger partial charge in [-0.25, -0.2) is 4.39 Å². The molecule has 0 atom stereocenters. The van der Waals surface area contributed by atoms with Crippen molar-refractivity contribution in [3.8, 4) is 5.75 Å². The van der Waals surface area contributed by atoms with Crippen molar-refractivity contribution >= 4 is 17.2 Å². The highest BCUT2D eigenvalue weighted by Gasteiger charge is 2.08. The van der Waals surface area contributed by atoms with Gasteiger partial charge in [-0.05, 0) is 61.0 Å². The second-order valence-electron chi connectivity index (χ2n) is 4.70. The molecule has 0 saturated heterocycles.